The van der Waals surface area contributed by atoms with E-state index in [4.69, 9.17) is 0 Å². The summed E-state index contributed by atoms with van der Waals surface area (Å²) in [6.45, 7) is 10.8. The molecule has 0 heterocycles. The molecule has 3 unspecified atom stereocenters. The molecule has 0 aromatic carbocycles. The summed E-state index contributed by atoms with van der Waals surface area (Å²) in [5, 5.41) is 10.1. The molecule has 0 spiro atoms. The first-order valence-corrected chi connectivity index (χ1v) is 6.08. The third kappa shape index (κ3) is 2.50. The van der Waals surface area contributed by atoms with Crippen molar-refractivity contribution in [3.63, 3.8) is 0 Å². The van der Waals surface area contributed by atoms with Crippen molar-refractivity contribution in [1.82, 2.24) is 0 Å². The minimum absolute atomic E-state index is 0.482. The highest BCUT2D eigenvalue weighted by atomic mass is 16.3. The van der Waals surface area contributed by atoms with Crippen molar-refractivity contribution < 1.29 is 5.11 Å². The number of hydrogen-bond acceptors (Lipinski definition) is 1. The molecule has 1 aliphatic rings. The second-order valence-corrected chi connectivity index (χ2v) is 5.90. The molecule has 14 heavy (non-hydrogen) atoms. The van der Waals surface area contributed by atoms with Gasteiger partial charge in [-0.1, -0.05) is 27.2 Å². The maximum atomic E-state index is 10.1. The van der Waals surface area contributed by atoms with E-state index in [1.54, 1.807) is 0 Å². The van der Waals surface area contributed by atoms with Crippen LogP contribution in [0.3, 0.4) is 0 Å². The van der Waals surface area contributed by atoms with Crippen LogP contribution in [0.2, 0.25) is 0 Å². The average Bonchev–Trinajstić information content (AvgIpc) is 2.46. The molecule has 1 rings (SSSR count). The molecule has 0 bridgehead atoms. The summed E-state index contributed by atoms with van der Waals surface area (Å²) >= 11 is 0. The second kappa shape index (κ2) is 4.22. The summed E-state index contributed by atoms with van der Waals surface area (Å²) < 4.78 is 0. The molecule has 1 aliphatic carbocycles. The average molecular weight is 198 g/mol. The Hall–Kier alpha value is -0.0400. The van der Waals surface area contributed by atoms with Gasteiger partial charge in [0, 0.05) is 0 Å². The van der Waals surface area contributed by atoms with Crippen LogP contribution in [0.4, 0.5) is 0 Å². The topological polar surface area (TPSA) is 20.2 Å². The molecule has 0 aromatic rings. The van der Waals surface area contributed by atoms with E-state index in [9.17, 15) is 5.11 Å². The fraction of sp³-hybridized carbons (Fsp3) is 1.00. The number of rotatable bonds is 3. The minimum Gasteiger partial charge on any atom is -0.390 e. The van der Waals surface area contributed by atoms with Gasteiger partial charge < -0.3 is 5.11 Å². The third-order valence-electron chi connectivity index (χ3n) is 4.11. The Bertz CT molecular complexity index is 178. The monoisotopic (exact) mass is 198 g/mol. The van der Waals surface area contributed by atoms with Crippen molar-refractivity contribution in [2.24, 2.45) is 23.7 Å². The lowest BCUT2D eigenvalue weighted by atomic mass is 9.81. The van der Waals surface area contributed by atoms with Crippen LogP contribution in [0.25, 0.3) is 0 Å². The van der Waals surface area contributed by atoms with Crippen LogP contribution in [0.1, 0.15) is 53.9 Å². The van der Waals surface area contributed by atoms with Gasteiger partial charge in [0.15, 0.2) is 0 Å². The zero-order valence-electron chi connectivity index (χ0n) is 10.4. The van der Waals surface area contributed by atoms with Crippen LogP contribution in [-0.4, -0.2) is 10.7 Å². The van der Waals surface area contributed by atoms with Crippen molar-refractivity contribution in [1.29, 1.82) is 0 Å². The molecule has 0 aromatic heterocycles. The number of aliphatic hydroxyl groups is 1. The lowest BCUT2D eigenvalue weighted by Gasteiger charge is -2.30. The Balaban J connectivity index is 2.68. The van der Waals surface area contributed by atoms with Gasteiger partial charge in [0.1, 0.15) is 0 Å². The lowest BCUT2D eigenvalue weighted by molar-refractivity contribution is -0.00193. The fourth-order valence-electron chi connectivity index (χ4n) is 3.03. The summed E-state index contributed by atoms with van der Waals surface area (Å²) in [6, 6.07) is 0. The van der Waals surface area contributed by atoms with Gasteiger partial charge in [-0.05, 0) is 50.4 Å². The predicted octanol–water partition coefficient (Wildman–Crippen LogP) is 3.47. The van der Waals surface area contributed by atoms with Gasteiger partial charge in [-0.3, -0.25) is 0 Å². The molecule has 1 N–H and O–H groups in total. The third-order valence-corrected chi connectivity index (χ3v) is 4.11. The highest BCUT2D eigenvalue weighted by Crippen LogP contribution is 2.46. The molecular formula is C13H26O. The van der Waals surface area contributed by atoms with Gasteiger partial charge in [0.05, 0.1) is 5.60 Å². The Morgan fingerprint density at radius 2 is 1.86 bits per heavy atom. The Labute approximate surface area is 88.9 Å². The van der Waals surface area contributed by atoms with E-state index in [1.807, 2.05) is 13.8 Å². The molecular weight excluding hydrogens is 172 g/mol. The smallest absolute Gasteiger partial charge is 0.0622 e. The Kier molecular flexibility index (Phi) is 3.63. The molecule has 0 amide bonds. The summed E-state index contributed by atoms with van der Waals surface area (Å²) in [7, 11) is 0. The first-order valence-electron chi connectivity index (χ1n) is 6.08. The van der Waals surface area contributed by atoms with Crippen LogP contribution in [0, 0.1) is 23.7 Å². The molecule has 1 saturated carbocycles. The normalized spacial score (nSPS) is 34.1. The van der Waals surface area contributed by atoms with Gasteiger partial charge in [-0.15, -0.1) is 0 Å². The summed E-state index contributed by atoms with van der Waals surface area (Å²) in [6.07, 6.45) is 3.76. The lowest BCUT2D eigenvalue weighted by Crippen LogP contribution is -2.33. The van der Waals surface area contributed by atoms with Crippen LogP contribution < -0.4 is 0 Å². The van der Waals surface area contributed by atoms with Crippen LogP contribution in [0.15, 0.2) is 0 Å². The van der Waals surface area contributed by atoms with E-state index in [0.29, 0.717) is 5.92 Å². The summed E-state index contributed by atoms with van der Waals surface area (Å²) in [4.78, 5) is 0. The van der Waals surface area contributed by atoms with Crippen LogP contribution in [0.5, 0.6) is 0 Å². The van der Waals surface area contributed by atoms with Crippen molar-refractivity contribution in [3.8, 4) is 0 Å². The largest absolute Gasteiger partial charge is 0.390 e. The maximum absolute atomic E-state index is 10.1. The minimum atomic E-state index is -0.482. The van der Waals surface area contributed by atoms with E-state index in [0.717, 1.165) is 17.8 Å². The zero-order valence-corrected chi connectivity index (χ0v) is 10.4. The van der Waals surface area contributed by atoms with Gasteiger partial charge in [-0.2, -0.15) is 0 Å². The van der Waals surface area contributed by atoms with Gasteiger partial charge in [-0.25, -0.2) is 0 Å². The fourth-order valence-corrected chi connectivity index (χ4v) is 3.03. The van der Waals surface area contributed by atoms with Crippen molar-refractivity contribution in [3.05, 3.63) is 0 Å². The standard InChI is InChI=1S/C13H26O/c1-6-10-7-11(9(2)3)8-12(10)13(4,5)14/h9-12,14H,6-8H2,1-5H3. The van der Waals surface area contributed by atoms with Gasteiger partial charge in [0.2, 0.25) is 0 Å². The Morgan fingerprint density at radius 1 is 1.29 bits per heavy atom. The maximum Gasteiger partial charge on any atom is 0.0622 e. The van der Waals surface area contributed by atoms with Gasteiger partial charge in [0.25, 0.3) is 0 Å². The molecule has 1 fully saturated rings. The Morgan fingerprint density at radius 3 is 2.14 bits per heavy atom. The van der Waals surface area contributed by atoms with Crippen LogP contribution >= 0.6 is 0 Å². The molecule has 0 aliphatic heterocycles. The molecule has 1 nitrogen and oxygen atoms in total. The molecule has 3 atom stereocenters. The quantitative estimate of drug-likeness (QED) is 0.736. The zero-order chi connectivity index (χ0) is 10.9. The van der Waals surface area contributed by atoms with E-state index in [1.165, 1.54) is 19.3 Å². The van der Waals surface area contributed by atoms with E-state index >= 15 is 0 Å². The SMILES string of the molecule is CCC1CC(C(C)C)CC1C(C)(C)O. The second-order valence-electron chi connectivity index (χ2n) is 5.90. The van der Waals surface area contributed by atoms with Crippen molar-refractivity contribution in [2.45, 2.75) is 59.5 Å². The van der Waals surface area contributed by atoms with Crippen LogP contribution in [-0.2, 0) is 0 Å². The summed E-state index contributed by atoms with van der Waals surface area (Å²) in [5.74, 6) is 2.86. The van der Waals surface area contributed by atoms with Crippen molar-refractivity contribution >= 4 is 0 Å². The van der Waals surface area contributed by atoms with E-state index in [-0.39, 0.29) is 0 Å². The van der Waals surface area contributed by atoms with E-state index < -0.39 is 5.60 Å². The highest BCUT2D eigenvalue weighted by molar-refractivity contribution is 4.91. The van der Waals surface area contributed by atoms with Gasteiger partial charge >= 0.3 is 0 Å². The molecule has 84 valence electrons. The predicted molar refractivity (Wildman–Crippen MR) is 61.1 cm³/mol. The molecule has 0 saturated heterocycles. The first-order chi connectivity index (χ1) is 6.36. The number of hydrogen-bond donors (Lipinski definition) is 1. The first kappa shape index (κ1) is 12.0. The van der Waals surface area contributed by atoms with E-state index in [2.05, 4.69) is 20.8 Å². The van der Waals surface area contributed by atoms with Crippen molar-refractivity contribution in [2.75, 3.05) is 0 Å². The molecule has 0 radical (unpaired) electrons. The highest BCUT2D eigenvalue weighted by Gasteiger charge is 2.41. The summed E-state index contributed by atoms with van der Waals surface area (Å²) in [5.41, 5.74) is -0.482. The molecule has 1 heteroatoms.